The molecule has 3 heterocycles. The number of hydrogen-bond donors (Lipinski definition) is 2. The number of amides is 4. The molecule has 1 atom stereocenters. The fourth-order valence-corrected chi connectivity index (χ4v) is 7.37. The Bertz CT molecular complexity index is 1860. The lowest BCUT2D eigenvalue weighted by molar-refractivity contribution is -0.141. The Morgan fingerprint density at radius 3 is 2.30 bits per heavy atom. The Morgan fingerprint density at radius 2 is 1.63 bits per heavy atom. The van der Waals surface area contributed by atoms with Crippen LogP contribution in [0.4, 0.5) is 39.8 Å². The van der Waals surface area contributed by atoms with Crippen LogP contribution in [0.2, 0.25) is 5.02 Å². The summed E-state index contributed by atoms with van der Waals surface area (Å²) in [4.78, 5) is 59.6. The molecule has 0 radical (unpaired) electrons. The zero-order valence-electron chi connectivity index (χ0n) is 29.7. The first-order valence-corrected chi connectivity index (χ1v) is 18.3. The molecule has 0 aromatic heterocycles. The molecule has 0 saturated carbocycles. The van der Waals surface area contributed by atoms with Gasteiger partial charge >= 0.3 is 24.3 Å². The topological polar surface area (TPSA) is 138 Å². The number of piperidine rings is 1. The molecule has 0 bridgehead atoms. The highest BCUT2D eigenvalue weighted by Gasteiger charge is 2.38. The minimum Gasteiger partial charge on any atom is -0.462 e. The van der Waals surface area contributed by atoms with Gasteiger partial charge in [0.05, 0.1) is 28.4 Å². The van der Waals surface area contributed by atoms with Crippen LogP contribution in [0.25, 0.3) is 0 Å². The van der Waals surface area contributed by atoms with Gasteiger partial charge < -0.3 is 40.1 Å². The maximum Gasteiger partial charge on any atom is 0.418 e. The molecule has 288 valence electrons. The molecule has 6 rings (SSSR count). The minimum atomic E-state index is -4.80. The Labute approximate surface area is 315 Å². The third-order valence-electron chi connectivity index (χ3n) is 10.1. The van der Waals surface area contributed by atoms with Crippen LogP contribution in [-0.4, -0.2) is 103 Å². The molecule has 4 amide bonds. The molecule has 2 saturated heterocycles. The number of carbonyl (C=O) groups excluding carboxylic acids is 4. The fourth-order valence-electron chi connectivity index (χ4n) is 7.13. The lowest BCUT2D eigenvalue weighted by Crippen LogP contribution is -2.54. The second-order valence-corrected chi connectivity index (χ2v) is 13.8. The molecular weight excluding hydrogens is 729 g/mol. The summed E-state index contributed by atoms with van der Waals surface area (Å²) in [5.74, 6) is -0.983. The number of nitrogens with zero attached hydrogens (tertiary/aromatic N) is 4. The molecular formula is C38H42ClF3N6O6. The van der Waals surface area contributed by atoms with Crippen molar-refractivity contribution >= 4 is 52.7 Å². The molecule has 2 fully saturated rings. The number of likely N-dealkylation sites (tertiary alicyclic amines) is 1. The highest BCUT2D eigenvalue weighted by atomic mass is 35.5. The molecule has 3 aromatic carbocycles. The van der Waals surface area contributed by atoms with Gasteiger partial charge in [0.25, 0.3) is 5.91 Å². The molecule has 0 aliphatic carbocycles. The predicted octanol–water partition coefficient (Wildman–Crippen LogP) is 6.07. The number of esters is 1. The van der Waals surface area contributed by atoms with E-state index >= 15 is 0 Å². The van der Waals surface area contributed by atoms with E-state index in [1.807, 2.05) is 29.2 Å². The summed E-state index contributed by atoms with van der Waals surface area (Å²) in [6, 6.07) is 16.3. The van der Waals surface area contributed by atoms with Gasteiger partial charge in [-0.25, -0.2) is 14.4 Å². The number of nitrogen functional groups attached to an aromatic ring is 1. The van der Waals surface area contributed by atoms with Crippen molar-refractivity contribution in [2.75, 3.05) is 68.4 Å². The second kappa shape index (κ2) is 16.5. The standard InChI is InChI=1S/C38H42ClF3N6O6/c1-2-53-35(50)26-7-9-27(10-8-26)45-17-19-46(20-18-45)34(49)32(23-24-21-29(38(40,41)42)33(43)30(39)22-24)54-37(52)47-14-12-28(13-15-47)48-16-11-25-5-3-4-6-31(25)44-36(48)51/h3-10,21-22,28,32H,2,11-20,23,43H2,1H3,(H,44,51)/t32-/m1/s1. The average Bonchev–Trinajstić information content (AvgIpc) is 3.33. The van der Waals surface area contributed by atoms with Crippen LogP contribution in [0.3, 0.4) is 0 Å². The largest absolute Gasteiger partial charge is 0.462 e. The third-order valence-corrected chi connectivity index (χ3v) is 10.4. The van der Waals surface area contributed by atoms with E-state index in [1.165, 1.54) is 15.9 Å². The van der Waals surface area contributed by atoms with E-state index in [-0.39, 0.29) is 61.9 Å². The third kappa shape index (κ3) is 8.78. The number of benzene rings is 3. The van der Waals surface area contributed by atoms with Crippen LogP contribution in [0.1, 0.15) is 46.8 Å². The summed E-state index contributed by atoms with van der Waals surface area (Å²) in [6.07, 6.45) is -5.78. The van der Waals surface area contributed by atoms with Gasteiger partial charge in [0, 0.05) is 69.7 Å². The second-order valence-electron chi connectivity index (χ2n) is 13.4. The molecule has 3 aromatic rings. The van der Waals surface area contributed by atoms with Crippen molar-refractivity contribution < 1.29 is 41.8 Å². The number of halogens is 4. The summed E-state index contributed by atoms with van der Waals surface area (Å²) < 4.78 is 52.4. The van der Waals surface area contributed by atoms with Crippen LogP contribution in [0.15, 0.2) is 60.7 Å². The van der Waals surface area contributed by atoms with Crippen molar-refractivity contribution in [2.45, 2.75) is 50.9 Å². The highest BCUT2D eigenvalue weighted by Crippen LogP contribution is 2.38. The van der Waals surface area contributed by atoms with Crippen molar-refractivity contribution in [1.82, 2.24) is 14.7 Å². The van der Waals surface area contributed by atoms with Gasteiger partial charge in [-0.05, 0) is 79.8 Å². The molecule has 3 aliphatic heterocycles. The van der Waals surface area contributed by atoms with Crippen molar-refractivity contribution in [1.29, 1.82) is 0 Å². The number of nitrogens with one attached hydrogen (secondary N) is 1. The SMILES string of the molecule is CCOC(=O)c1ccc(N2CCN(C(=O)[C@@H](Cc3cc(Cl)c(N)c(C(F)(F)F)c3)OC(=O)N3CCC(N4CCc5ccccc5NC4=O)CC3)CC2)cc1. The summed E-state index contributed by atoms with van der Waals surface area (Å²) in [5, 5.41) is 2.64. The zero-order valence-corrected chi connectivity index (χ0v) is 30.5. The predicted molar refractivity (Wildman–Crippen MR) is 196 cm³/mol. The van der Waals surface area contributed by atoms with E-state index < -0.39 is 41.5 Å². The number of carbonyl (C=O) groups is 4. The lowest BCUT2D eigenvalue weighted by Gasteiger charge is -2.39. The van der Waals surface area contributed by atoms with Crippen LogP contribution in [0.5, 0.6) is 0 Å². The van der Waals surface area contributed by atoms with Gasteiger partial charge in [0.1, 0.15) is 0 Å². The maximum absolute atomic E-state index is 14.0. The molecule has 0 unspecified atom stereocenters. The van der Waals surface area contributed by atoms with E-state index in [1.54, 1.807) is 36.1 Å². The van der Waals surface area contributed by atoms with Gasteiger partial charge in [0.2, 0.25) is 0 Å². The Balaban J connectivity index is 1.13. The van der Waals surface area contributed by atoms with Crippen molar-refractivity contribution in [3.63, 3.8) is 0 Å². The summed E-state index contributed by atoms with van der Waals surface area (Å²) >= 11 is 6.11. The molecule has 3 N–H and O–H groups in total. The fraction of sp³-hybridized carbons (Fsp3) is 0.421. The van der Waals surface area contributed by atoms with E-state index in [4.69, 9.17) is 26.8 Å². The molecule has 12 nitrogen and oxygen atoms in total. The Morgan fingerprint density at radius 1 is 0.944 bits per heavy atom. The molecule has 54 heavy (non-hydrogen) atoms. The van der Waals surface area contributed by atoms with E-state index in [9.17, 15) is 32.3 Å². The number of nitrogens with two attached hydrogens (primary N) is 1. The zero-order chi connectivity index (χ0) is 38.6. The summed E-state index contributed by atoms with van der Waals surface area (Å²) in [6.45, 7) is 4.33. The number of rotatable bonds is 8. The Kier molecular flexibility index (Phi) is 11.7. The lowest BCUT2D eigenvalue weighted by atomic mass is 10.0. The smallest absolute Gasteiger partial charge is 0.418 e. The van der Waals surface area contributed by atoms with Crippen LogP contribution >= 0.6 is 11.6 Å². The molecule has 16 heteroatoms. The number of urea groups is 1. The van der Waals surface area contributed by atoms with Gasteiger partial charge in [-0.15, -0.1) is 0 Å². The van der Waals surface area contributed by atoms with Crippen molar-refractivity contribution in [3.05, 3.63) is 87.9 Å². The highest BCUT2D eigenvalue weighted by molar-refractivity contribution is 6.33. The molecule has 0 spiro atoms. The average molecular weight is 771 g/mol. The van der Waals surface area contributed by atoms with Crippen molar-refractivity contribution in [2.24, 2.45) is 0 Å². The van der Waals surface area contributed by atoms with E-state index in [0.29, 0.717) is 44.5 Å². The van der Waals surface area contributed by atoms with Crippen molar-refractivity contribution in [3.8, 4) is 0 Å². The minimum absolute atomic E-state index is 0.0277. The van der Waals surface area contributed by atoms with Gasteiger partial charge in [-0.1, -0.05) is 29.8 Å². The number of piperazine rings is 1. The van der Waals surface area contributed by atoms with E-state index in [0.717, 1.165) is 23.0 Å². The number of anilines is 3. The van der Waals surface area contributed by atoms with Gasteiger partial charge in [-0.2, -0.15) is 13.2 Å². The van der Waals surface area contributed by atoms with Crippen LogP contribution in [-0.2, 0) is 33.3 Å². The number of hydrogen-bond acceptors (Lipinski definition) is 8. The Hall–Kier alpha value is -5.18. The number of alkyl halides is 3. The number of fused-ring (bicyclic) bond motifs is 1. The first-order chi connectivity index (χ1) is 25.8. The monoisotopic (exact) mass is 770 g/mol. The quantitative estimate of drug-likeness (QED) is 0.208. The molecule has 3 aliphatic rings. The van der Waals surface area contributed by atoms with Crippen LogP contribution < -0.4 is 16.0 Å². The van der Waals surface area contributed by atoms with Gasteiger partial charge in [-0.3, -0.25) is 4.79 Å². The maximum atomic E-state index is 14.0. The van der Waals surface area contributed by atoms with Crippen LogP contribution in [0, 0.1) is 0 Å². The summed E-state index contributed by atoms with van der Waals surface area (Å²) in [7, 11) is 0. The normalized spacial score (nSPS) is 17.3. The van der Waals surface area contributed by atoms with E-state index in [2.05, 4.69) is 5.32 Å². The van der Waals surface area contributed by atoms with Gasteiger partial charge in [0.15, 0.2) is 6.10 Å². The first-order valence-electron chi connectivity index (χ1n) is 17.9. The first kappa shape index (κ1) is 38.5. The number of ether oxygens (including phenoxy) is 2. The summed E-state index contributed by atoms with van der Waals surface area (Å²) in [5.41, 5.74) is 6.96. The number of para-hydroxylation sites is 1.